The summed E-state index contributed by atoms with van der Waals surface area (Å²) in [6.45, 7) is 22.1. The van der Waals surface area contributed by atoms with Crippen LogP contribution in [0.15, 0.2) is 0 Å². The maximum Gasteiger partial charge on any atom is 0.505 e. The van der Waals surface area contributed by atoms with E-state index < -0.39 is 14.8 Å². The van der Waals surface area contributed by atoms with Gasteiger partial charge in [0.15, 0.2) is 0 Å². The third-order valence-electron chi connectivity index (χ3n) is 3.92. The zero-order valence-corrected chi connectivity index (χ0v) is 24.6. The Kier molecular flexibility index (Phi) is 23.1. The maximum absolute atomic E-state index is 7.00. The lowest BCUT2D eigenvalue weighted by Crippen LogP contribution is -2.51. The van der Waals surface area contributed by atoms with Crippen LogP contribution in [0.1, 0.15) is 62.3 Å². The van der Waals surface area contributed by atoms with Crippen molar-refractivity contribution < 1.29 is 18.4 Å². The molecule has 0 heterocycles. The maximum atomic E-state index is 7.00. The SMILES string of the molecule is CC(C)(C)[Si](Cl)(Cl)Cl.CCN(CC)CC.CO.CO[Si](OC)(OC)C(C)(C)C. The fourth-order valence-electron chi connectivity index (χ4n) is 1.84. The number of aliphatic hydroxyl groups is 1. The van der Waals surface area contributed by atoms with Crippen LogP contribution in [-0.4, -0.2) is 72.9 Å². The monoisotopic (exact) mass is 501 g/mol. The molecule has 0 aliphatic heterocycles. The van der Waals surface area contributed by atoms with Crippen molar-refractivity contribution in [2.45, 2.75) is 72.4 Å². The van der Waals surface area contributed by atoms with E-state index in [4.69, 9.17) is 51.6 Å². The first-order valence-electron chi connectivity index (χ1n) is 9.42. The molecule has 0 radical (unpaired) electrons. The van der Waals surface area contributed by atoms with Gasteiger partial charge in [0.25, 0.3) is 0 Å². The lowest BCUT2D eigenvalue weighted by atomic mass is 10.3. The van der Waals surface area contributed by atoms with Crippen molar-refractivity contribution in [3.63, 3.8) is 0 Å². The van der Waals surface area contributed by atoms with Crippen molar-refractivity contribution in [1.82, 2.24) is 4.90 Å². The van der Waals surface area contributed by atoms with E-state index in [9.17, 15) is 0 Å². The lowest BCUT2D eigenvalue weighted by molar-refractivity contribution is 0.0989. The lowest BCUT2D eigenvalue weighted by Gasteiger charge is -2.35. The highest BCUT2D eigenvalue weighted by Crippen LogP contribution is 2.44. The topological polar surface area (TPSA) is 51.2 Å². The van der Waals surface area contributed by atoms with Gasteiger partial charge in [-0.25, -0.2) is 0 Å². The van der Waals surface area contributed by atoms with Gasteiger partial charge in [0.1, 0.15) is 0 Å². The molecule has 0 fully saturated rings. The van der Waals surface area contributed by atoms with E-state index in [-0.39, 0.29) is 10.1 Å². The molecule has 28 heavy (non-hydrogen) atoms. The van der Waals surface area contributed by atoms with Gasteiger partial charge in [-0.2, -0.15) is 0 Å². The minimum Gasteiger partial charge on any atom is -0.400 e. The summed E-state index contributed by atoms with van der Waals surface area (Å²) in [5, 5.41) is 6.81. The van der Waals surface area contributed by atoms with E-state index in [1.54, 1.807) is 21.3 Å². The summed E-state index contributed by atoms with van der Waals surface area (Å²) >= 11 is 17.0. The minimum absolute atomic E-state index is 0.0642. The molecule has 176 valence electrons. The number of hydrogen-bond donors (Lipinski definition) is 1. The second kappa shape index (κ2) is 17.8. The van der Waals surface area contributed by atoms with E-state index in [1.807, 2.05) is 20.8 Å². The van der Waals surface area contributed by atoms with E-state index in [0.717, 1.165) is 7.11 Å². The molecule has 0 bridgehead atoms. The molecule has 0 aromatic heterocycles. The minimum atomic E-state index is -2.44. The van der Waals surface area contributed by atoms with Gasteiger partial charge < -0.3 is 23.3 Å². The molecule has 0 atom stereocenters. The average molecular weight is 503 g/mol. The Hall–Kier alpha value is 1.10. The van der Waals surface area contributed by atoms with Crippen molar-refractivity contribution in [2.75, 3.05) is 48.1 Å². The number of halogens is 3. The van der Waals surface area contributed by atoms with Gasteiger partial charge in [-0.1, -0.05) is 62.3 Å². The molecule has 1 N–H and O–H groups in total. The van der Waals surface area contributed by atoms with Crippen LogP contribution in [-0.2, 0) is 13.3 Å². The van der Waals surface area contributed by atoms with Crippen LogP contribution in [0.5, 0.6) is 0 Å². The van der Waals surface area contributed by atoms with Gasteiger partial charge >= 0.3 is 14.8 Å². The first-order valence-corrected chi connectivity index (χ1v) is 16.2. The van der Waals surface area contributed by atoms with E-state index in [2.05, 4.69) is 46.4 Å². The molecule has 0 amide bonds. The average Bonchev–Trinajstić information content (AvgIpc) is 2.58. The van der Waals surface area contributed by atoms with E-state index in [0.29, 0.717) is 0 Å². The van der Waals surface area contributed by atoms with Gasteiger partial charge in [0.05, 0.1) is 0 Å². The molecule has 0 aliphatic carbocycles. The van der Waals surface area contributed by atoms with Crippen LogP contribution < -0.4 is 0 Å². The summed E-state index contributed by atoms with van der Waals surface area (Å²) in [4.78, 5) is 2.38. The molecule has 0 unspecified atom stereocenters. The zero-order valence-electron chi connectivity index (χ0n) is 20.4. The summed E-state index contributed by atoms with van der Waals surface area (Å²) in [6, 6.07) is -2.44. The smallest absolute Gasteiger partial charge is 0.400 e. The summed E-state index contributed by atoms with van der Waals surface area (Å²) < 4.78 is 15.9. The van der Waals surface area contributed by atoms with Crippen LogP contribution in [0, 0.1) is 0 Å². The molecule has 0 aliphatic rings. The van der Waals surface area contributed by atoms with Gasteiger partial charge in [-0.3, -0.25) is 0 Å². The summed E-state index contributed by atoms with van der Waals surface area (Å²) in [5.74, 6) is 0. The number of rotatable bonds is 6. The fourth-order valence-corrected chi connectivity index (χ4v) is 4.18. The molecule has 0 rings (SSSR count). The summed E-state index contributed by atoms with van der Waals surface area (Å²) in [6.07, 6.45) is 0. The highest BCUT2D eigenvalue weighted by Gasteiger charge is 2.50. The number of aliphatic hydroxyl groups excluding tert-OH is 1. The largest absolute Gasteiger partial charge is 0.505 e. The molecule has 0 spiro atoms. The Labute approximate surface area is 191 Å². The van der Waals surface area contributed by atoms with Crippen molar-refractivity contribution in [3.8, 4) is 0 Å². The standard InChI is InChI=1S/C7H18O3Si.C6H15N.C4H9Cl3Si.CH4O/c1-7(2,3)11(8-4,9-5)10-6;1-4-7(5-2)6-3;1-4(2,3)8(5,6)7;1-2/h1-6H3;4-6H2,1-3H3;1-3H3;2H,1H3. The predicted molar refractivity (Wildman–Crippen MR) is 131 cm³/mol. The van der Waals surface area contributed by atoms with Crippen LogP contribution in [0.25, 0.3) is 0 Å². The third-order valence-corrected chi connectivity index (χ3v) is 14.2. The Bertz CT molecular complexity index is 313. The van der Waals surface area contributed by atoms with Crippen molar-refractivity contribution in [2.24, 2.45) is 0 Å². The Morgan fingerprint density at radius 1 is 0.679 bits per heavy atom. The van der Waals surface area contributed by atoms with Crippen LogP contribution in [0.3, 0.4) is 0 Å². The van der Waals surface area contributed by atoms with Gasteiger partial charge in [-0.15, -0.1) is 33.2 Å². The molecule has 0 aromatic rings. The molecule has 5 nitrogen and oxygen atoms in total. The Balaban J connectivity index is -0.000000151. The zero-order chi connectivity index (χ0) is 23.8. The highest BCUT2D eigenvalue weighted by atomic mass is 35.8. The second-order valence-corrected chi connectivity index (χ2v) is 21.0. The van der Waals surface area contributed by atoms with Crippen LogP contribution in [0.4, 0.5) is 0 Å². The number of nitrogens with zero attached hydrogens (tertiary/aromatic N) is 1. The van der Waals surface area contributed by atoms with Gasteiger partial charge in [-0.05, 0) is 24.7 Å². The van der Waals surface area contributed by atoms with Crippen LogP contribution in [0.2, 0.25) is 10.1 Å². The van der Waals surface area contributed by atoms with Gasteiger partial charge in [0, 0.05) is 33.5 Å². The van der Waals surface area contributed by atoms with Crippen molar-refractivity contribution in [1.29, 1.82) is 0 Å². The second-order valence-electron chi connectivity index (χ2n) is 7.79. The quantitative estimate of drug-likeness (QED) is 0.353. The Morgan fingerprint density at radius 2 is 0.893 bits per heavy atom. The van der Waals surface area contributed by atoms with E-state index >= 15 is 0 Å². The highest BCUT2D eigenvalue weighted by molar-refractivity contribution is 7.65. The van der Waals surface area contributed by atoms with Crippen LogP contribution >= 0.6 is 33.2 Å². The third kappa shape index (κ3) is 15.9. The van der Waals surface area contributed by atoms with E-state index in [1.165, 1.54) is 19.6 Å². The summed E-state index contributed by atoms with van der Waals surface area (Å²) in [5.41, 5.74) is 0. The normalized spacial score (nSPS) is 12.2. The van der Waals surface area contributed by atoms with Crippen molar-refractivity contribution in [3.05, 3.63) is 0 Å². The molecular formula is C18H46Cl3NO4Si2. The first kappa shape index (κ1) is 36.5. The Morgan fingerprint density at radius 3 is 0.893 bits per heavy atom. The molecule has 0 aromatic carbocycles. The molecule has 10 heteroatoms. The molecule has 0 saturated heterocycles. The number of hydrogen-bond acceptors (Lipinski definition) is 5. The van der Waals surface area contributed by atoms with Crippen molar-refractivity contribution >= 4 is 48.0 Å². The predicted octanol–water partition coefficient (Wildman–Crippen LogP) is 6.06. The molecule has 0 saturated carbocycles. The first-order chi connectivity index (χ1) is 12.5. The van der Waals surface area contributed by atoms with Gasteiger partial charge in [0.2, 0.25) is 0 Å². The summed E-state index contributed by atoms with van der Waals surface area (Å²) in [7, 11) is 3.47. The fraction of sp³-hybridized carbons (Fsp3) is 1.00. The molecular weight excluding hydrogens is 457 g/mol.